The molecule has 0 saturated heterocycles. The van der Waals surface area contributed by atoms with Crippen LogP contribution in [0.15, 0.2) is 0 Å². The number of carbonyl (C=O) groups is 2. The Morgan fingerprint density at radius 2 is 1.76 bits per heavy atom. The van der Waals surface area contributed by atoms with Gasteiger partial charge < -0.3 is 10.2 Å². The number of rotatable bonds is 11. The van der Waals surface area contributed by atoms with Gasteiger partial charge in [-0.25, -0.2) is 0 Å². The Morgan fingerprint density at radius 3 is 2.29 bits per heavy atom. The lowest BCUT2D eigenvalue weighted by molar-refractivity contribution is -0.132. The smallest absolute Gasteiger partial charge is 0.222 e. The van der Waals surface area contributed by atoms with Crippen molar-refractivity contribution in [1.29, 1.82) is 0 Å². The maximum Gasteiger partial charge on any atom is 0.222 e. The van der Waals surface area contributed by atoms with E-state index in [2.05, 4.69) is 26.1 Å². The van der Waals surface area contributed by atoms with Crippen molar-refractivity contribution in [3.05, 3.63) is 0 Å². The minimum Gasteiger partial charge on any atom is -0.359 e. The minimum absolute atomic E-state index is 0.0396. The molecular formula is C17H34N2O2. The monoisotopic (exact) mass is 298 g/mol. The summed E-state index contributed by atoms with van der Waals surface area (Å²) in [6.07, 6.45) is 5.60. The molecule has 4 nitrogen and oxygen atoms in total. The molecule has 0 heterocycles. The van der Waals surface area contributed by atoms with Gasteiger partial charge >= 0.3 is 0 Å². The van der Waals surface area contributed by atoms with E-state index in [0.717, 1.165) is 32.2 Å². The van der Waals surface area contributed by atoms with Gasteiger partial charge in [-0.3, -0.25) is 9.59 Å². The highest BCUT2D eigenvalue weighted by molar-refractivity contribution is 5.78. The zero-order valence-corrected chi connectivity index (χ0v) is 14.6. The maximum absolute atomic E-state index is 12.3. The second-order valence-electron chi connectivity index (χ2n) is 6.09. The second-order valence-corrected chi connectivity index (χ2v) is 6.09. The molecule has 2 unspecified atom stereocenters. The maximum atomic E-state index is 12.3. The molecule has 2 atom stereocenters. The topological polar surface area (TPSA) is 49.4 Å². The SMILES string of the molecule is CCCN(CCC(C)C(=O)NC)C(=O)CCCC(C)CC. The van der Waals surface area contributed by atoms with Crippen molar-refractivity contribution in [2.24, 2.45) is 11.8 Å². The Bertz CT molecular complexity index is 305. The molecule has 0 aliphatic heterocycles. The lowest BCUT2D eigenvalue weighted by Crippen LogP contribution is -2.35. The lowest BCUT2D eigenvalue weighted by atomic mass is 10.0. The fraction of sp³-hybridized carbons (Fsp3) is 0.882. The summed E-state index contributed by atoms with van der Waals surface area (Å²) < 4.78 is 0. The normalized spacial score (nSPS) is 13.6. The Hall–Kier alpha value is -1.06. The Kier molecular flexibility index (Phi) is 11.0. The van der Waals surface area contributed by atoms with Gasteiger partial charge in [-0.15, -0.1) is 0 Å². The molecule has 1 N–H and O–H groups in total. The Balaban J connectivity index is 4.20. The van der Waals surface area contributed by atoms with Crippen molar-refractivity contribution < 1.29 is 9.59 Å². The average molecular weight is 298 g/mol. The summed E-state index contributed by atoms with van der Waals surface area (Å²) in [5.74, 6) is 0.952. The van der Waals surface area contributed by atoms with Crippen LogP contribution in [0.25, 0.3) is 0 Å². The van der Waals surface area contributed by atoms with Gasteiger partial charge in [0.1, 0.15) is 0 Å². The number of carbonyl (C=O) groups excluding carboxylic acids is 2. The van der Waals surface area contributed by atoms with E-state index in [4.69, 9.17) is 0 Å². The molecule has 0 rings (SSSR count). The summed E-state index contributed by atoms with van der Waals surface area (Å²) in [7, 11) is 1.66. The van der Waals surface area contributed by atoms with Gasteiger partial charge in [0.15, 0.2) is 0 Å². The van der Waals surface area contributed by atoms with Crippen LogP contribution in [0.1, 0.15) is 66.2 Å². The van der Waals surface area contributed by atoms with Crippen LogP contribution < -0.4 is 5.32 Å². The molecule has 0 aromatic rings. The van der Waals surface area contributed by atoms with E-state index in [-0.39, 0.29) is 17.7 Å². The van der Waals surface area contributed by atoms with E-state index in [1.807, 2.05) is 11.8 Å². The van der Waals surface area contributed by atoms with Gasteiger partial charge in [-0.2, -0.15) is 0 Å². The van der Waals surface area contributed by atoms with Crippen LogP contribution >= 0.6 is 0 Å². The highest BCUT2D eigenvalue weighted by Gasteiger charge is 2.16. The van der Waals surface area contributed by atoms with E-state index in [1.54, 1.807) is 7.05 Å². The largest absolute Gasteiger partial charge is 0.359 e. The summed E-state index contributed by atoms with van der Waals surface area (Å²) in [6, 6.07) is 0. The van der Waals surface area contributed by atoms with Gasteiger partial charge in [-0.1, -0.05) is 40.5 Å². The number of nitrogens with one attached hydrogen (secondary N) is 1. The quantitative estimate of drug-likeness (QED) is 0.637. The third kappa shape index (κ3) is 8.74. The summed E-state index contributed by atoms with van der Waals surface area (Å²) in [4.78, 5) is 25.7. The van der Waals surface area contributed by atoms with E-state index >= 15 is 0 Å². The molecule has 4 heteroatoms. The third-order valence-electron chi connectivity index (χ3n) is 4.16. The van der Waals surface area contributed by atoms with Gasteiger partial charge in [-0.05, 0) is 25.2 Å². The minimum atomic E-state index is -0.0396. The molecule has 0 aromatic heterocycles. The van der Waals surface area contributed by atoms with Gasteiger partial charge in [0.05, 0.1) is 0 Å². The number of nitrogens with zero attached hydrogens (tertiary/aromatic N) is 1. The van der Waals surface area contributed by atoms with E-state index in [0.29, 0.717) is 18.9 Å². The molecule has 0 bridgehead atoms. The molecule has 0 aliphatic rings. The van der Waals surface area contributed by atoms with Crippen molar-refractivity contribution in [2.45, 2.75) is 66.2 Å². The molecule has 0 fully saturated rings. The highest BCUT2D eigenvalue weighted by atomic mass is 16.2. The summed E-state index contributed by atoms with van der Waals surface area (Å²) in [5, 5.41) is 2.66. The molecule has 0 aliphatic carbocycles. The molecular weight excluding hydrogens is 264 g/mol. The first-order valence-corrected chi connectivity index (χ1v) is 8.45. The van der Waals surface area contributed by atoms with Crippen molar-refractivity contribution in [2.75, 3.05) is 20.1 Å². The fourth-order valence-electron chi connectivity index (χ4n) is 2.32. The van der Waals surface area contributed by atoms with Crippen LogP contribution in [0.4, 0.5) is 0 Å². The van der Waals surface area contributed by atoms with Crippen LogP contribution in [0.3, 0.4) is 0 Å². The van der Waals surface area contributed by atoms with Crippen LogP contribution in [-0.2, 0) is 9.59 Å². The first-order valence-electron chi connectivity index (χ1n) is 8.45. The van der Waals surface area contributed by atoms with Crippen LogP contribution in [0.5, 0.6) is 0 Å². The second kappa shape index (κ2) is 11.6. The van der Waals surface area contributed by atoms with Crippen molar-refractivity contribution in [3.8, 4) is 0 Å². The average Bonchev–Trinajstić information content (AvgIpc) is 2.49. The Labute approximate surface area is 130 Å². The summed E-state index contributed by atoms with van der Waals surface area (Å²) in [6.45, 7) is 9.90. The zero-order chi connectivity index (χ0) is 16.3. The fourth-order valence-corrected chi connectivity index (χ4v) is 2.32. The molecule has 0 aromatic carbocycles. The van der Waals surface area contributed by atoms with E-state index in [9.17, 15) is 9.59 Å². The number of hydrogen-bond donors (Lipinski definition) is 1. The third-order valence-corrected chi connectivity index (χ3v) is 4.16. The number of amides is 2. The van der Waals surface area contributed by atoms with Gasteiger partial charge in [0.25, 0.3) is 0 Å². The van der Waals surface area contributed by atoms with Crippen molar-refractivity contribution in [3.63, 3.8) is 0 Å². The summed E-state index contributed by atoms with van der Waals surface area (Å²) >= 11 is 0. The lowest BCUT2D eigenvalue weighted by Gasteiger charge is -2.24. The summed E-state index contributed by atoms with van der Waals surface area (Å²) in [5.41, 5.74) is 0. The van der Waals surface area contributed by atoms with E-state index < -0.39 is 0 Å². The Morgan fingerprint density at radius 1 is 1.10 bits per heavy atom. The first kappa shape index (κ1) is 19.9. The van der Waals surface area contributed by atoms with Gasteiger partial charge in [0, 0.05) is 32.5 Å². The first-order chi connectivity index (χ1) is 9.96. The van der Waals surface area contributed by atoms with Crippen LogP contribution in [0.2, 0.25) is 0 Å². The zero-order valence-electron chi connectivity index (χ0n) is 14.6. The van der Waals surface area contributed by atoms with Crippen molar-refractivity contribution in [1.82, 2.24) is 10.2 Å². The molecule has 0 radical (unpaired) electrons. The molecule has 124 valence electrons. The molecule has 21 heavy (non-hydrogen) atoms. The molecule has 0 spiro atoms. The van der Waals surface area contributed by atoms with Gasteiger partial charge in [0.2, 0.25) is 11.8 Å². The predicted octanol–water partition coefficient (Wildman–Crippen LogP) is 3.21. The van der Waals surface area contributed by atoms with Crippen LogP contribution in [0, 0.1) is 11.8 Å². The standard InChI is InChI=1S/C17H34N2O2/c1-6-12-19(13-11-15(4)17(21)18-5)16(20)10-8-9-14(3)7-2/h14-15H,6-13H2,1-5H3,(H,18,21). The number of hydrogen-bond acceptors (Lipinski definition) is 2. The van der Waals surface area contributed by atoms with Crippen LogP contribution in [-0.4, -0.2) is 36.9 Å². The molecule has 2 amide bonds. The molecule has 0 saturated carbocycles. The predicted molar refractivity (Wildman–Crippen MR) is 88.0 cm³/mol. The highest BCUT2D eigenvalue weighted by Crippen LogP contribution is 2.13. The van der Waals surface area contributed by atoms with Crippen molar-refractivity contribution >= 4 is 11.8 Å². The van der Waals surface area contributed by atoms with E-state index in [1.165, 1.54) is 6.42 Å².